The monoisotopic (exact) mass is 374 g/mol. The van der Waals surface area contributed by atoms with Gasteiger partial charge in [0.1, 0.15) is 11.3 Å². The number of rotatable bonds is 5. The Balaban J connectivity index is 2.16. The molecule has 0 bridgehead atoms. The molecular weight excluding hydrogens is 355 g/mol. The van der Waals surface area contributed by atoms with Crippen molar-refractivity contribution >= 4 is 21.8 Å². The first-order chi connectivity index (χ1) is 10.5. The molecule has 1 saturated heterocycles. The number of carbonyl (C=O) groups excluding carboxylic acids is 1. The number of phenolic OH excluding ortho intramolecular Hbond substituents is 1. The van der Waals surface area contributed by atoms with Crippen molar-refractivity contribution in [2.24, 2.45) is 0 Å². The number of methoxy groups -OCH3 is 1. The summed E-state index contributed by atoms with van der Waals surface area (Å²) in [5, 5.41) is 12.8. The average Bonchev–Trinajstić information content (AvgIpc) is 2.95. The van der Waals surface area contributed by atoms with Gasteiger partial charge in [0.05, 0.1) is 11.6 Å². The summed E-state index contributed by atoms with van der Waals surface area (Å²) < 4.78 is 18.9. The number of nitrogens with one attached hydrogen (secondary N) is 1. The van der Waals surface area contributed by atoms with Crippen LogP contribution in [0.4, 0.5) is 4.39 Å². The van der Waals surface area contributed by atoms with Crippen LogP contribution in [-0.2, 0) is 0 Å². The second-order valence-electron chi connectivity index (χ2n) is 5.23. The fourth-order valence-corrected chi connectivity index (χ4v) is 3.24. The van der Waals surface area contributed by atoms with Crippen LogP contribution < -0.4 is 10.1 Å². The highest BCUT2D eigenvalue weighted by molar-refractivity contribution is 9.10. The SMILES string of the molecule is CCN1CCC[C@H]1CNC(=O)c1c(O)c(Br)cc(F)c1OC. The Morgan fingerprint density at radius 1 is 1.64 bits per heavy atom. The first-order valence-electron chi connectivity index (χ1n) is 7.26. The van der Waals surface area contributed by atoms with Crippen LogP contribution in [-0.4, -0.2) is 48.7 Å². The number of likely N-dealkylation sites (N-methyl/N-ethyl adjacent to an activating group) is 1. The van der Waals surface area contributed by atoms with Gasteiger partial charge >= 0.3 is 0 Å². The molecule has 0 saturated carbocycles. The number of carbonyl (C=O) groups is 1. The Hall–Kier alpha value is -1.34. The Kier molecular flexibility index (Phi) is 5.63. The van der Waals surface area contributed by atoms with Crippen molar-refractivity contribution in [2.75, 3.05) is 26.7 Å². The minimum absolute atomic E-state index is 0.118. The van der Waals surface area contributed by atoms with E-state index in [0.29, 0.717) is 6.54 Å². The third-order valence-corrected chi connectivity index (χ3v) is 4.60. The molecule has 0 spiro atoms. The fraction of sp³-hybridized carbons (Fsp3) is 0.533. The number of nitrogens with zero attached hydrogens (tertiary/aromatic N) is 1. The standard InChI is InChI=1S/C15H20BrFN2O3/c1-3-19-6-4-5-9(19)8-18-15(21)12-13(20)10(16)7-11(17)14(12)22-2/h7,9,20H,3-6,8H2,1-2H3,(H,18,21)/t9-/m0/s1. The van der Waals surface area contributed by atoms with E-state index in [1.807, 2.05) is 0 Å². The Labute approximate surface area is 137 Å². The van der Waals surface area contributed by atoms with Crippen LogP contribution in [0.2, 0.25) is 0 Å². The van der Waals surface area contributed by atoms with E-state index in [1.165, 1.54) is 7.11 Å². The molecule has 1 fully saturated rings. The van der Waals surface area contributed by atoms with Crippen molar-refractivity contribution in [1.82, 2.24) is 10.2 Å². The zero-order valence-electron chi connectivity index (χ0n) is 12.7. The second kappa shape index (κ2) is 7.28. The molecule has 0 aromatic heterocycles. The number of hydrogen-bond donors (Lipinski definition) is 2. The first kappa shape index (κ1) is 17.0. The van der Waals surface area contributed by atoms with Crippen molar-refractivity contribution in [2.45, 2.75) is 25.8 Å². The van der Waals surface area contributed by atoms with Gasteiger partial charge in [-0.05, 0) is 47.9 Å². The first-order valence-corrected chi connectivity index (χ1v) is 8.06. The van der Waals surface area contributed by atoms with Gasteiger partial charge in [0, 0.05) is 12.6 Å². The molecule has 1 amide bonds. The van der Waals surface area contributed by atoms with E-state index < -0.39 is 11.7 Å². The summed E-state index contributed by atoms with van der Waals surface area (Å²) in [5.74, 6) is -1.82. The molecule has 1 aliphatic rings. The van der Waals surface area contributed by atoms with Crippen LogP contribution in [0.1, 0.15) is 30.1 Å². The van der Waals surface area contributed by atoms with Crippen molar-refractivity contribution in [3.8, 4) is 11.5 Å². The second-order valence-corrected chi connectivity index (χ2v) is 6.09. The Bertz CT molecular complexity index is 568. The molecule has 0 aliphatic carbocycles. The molecule has 0 radical (unpaired) electrons. The number of benzene rings is 1. The average molecular weight is 375 g/mol. The van der Waals surface area contributed by atoms with Gasteiger partial charge < -0.3 is 15.2 Å². The molecular formula is C15H20BrFN2O3. The third-order valence-electron chi connectivity index (χ3n) is 4.00. The van der Waals surface area contributed by atoms with Crippen LogP contribution in [0.15, 0.2) is 10.5 Å². The van der Waals surface area contributed by atoms with E-state index in [0.717, 1.165) is 32.0 Å². The molecule has 1 heterocycles. The molecule has 7 heteroatoms. The summed E-state index contributed by atoms with van der Waals surface area (Å²) in [6.45, 7) is 4.50. The zero-order chi connectivity index (χ0) is 16.3. The summed E-state index contributed by atoms with van der Waals surface area (Å²) in [7, 11) is 1.26. The molecule has 122 valence electrons. The van der Waals surface area contributed by atoms with E-state index in [1.54, 1.807) is 0 Å². The van der Waals surface area contributed by atoms with Crippen molar-refractivity contribution < 1.29 is 19.0 Å². The topological polar surface area (TPSA) is 61.8 Å². The molecule has 1 aromatic carbocycles. The van der Waals surface area contributed by atoms with Gasteiger partial charge in [0.15, 0.2) is 11.6 Å². The molecule has 1 atom stereocenters. The van der Waals surface area contributed by atoms with Gasteiger partial charge in [-0.25, -0.2) is 4.39 Å². The Morgan fingerprint density at radius 2 is 2.36 bits per heavy atom. The van der Waals surface area contributed by atoms with E-state index in [4.69, 9.17) is 4.74 Å². The highest BCUT2D eigenvalue weighted by atomic mass is 79.9. The maximum atomic E-state index is 13.9. The van der Waals surface area contributed by atoms with Crippen LogP contribution in [0.5, 0.6) is 11.5 Å². The predicted octanol–water partition coefficient (Wildman–Crippen LogP) is 2.52. The number of aromatic hydroxyl groups is 1. The maximum Gasteiger partial charge on any atom is 0.259 e. The number of likely N-dealkylation sites (tertiary alicyclic amines) is 1. The zero-order valence-corrected chi connectivity index (χ0v) is 14.2. The van der Waals surface area contributed by atoms with Gasteiger partial charge in [0.25, 0.3) is 5.91 Å². The summed E-state index contributed by atoms with van der Waals surface area (Å²) in [6, 6.07) is 1.35. The van der Waals surface area contributed by atoms with Crippen molar-refractivity contribution in [1.29, 1.82) is 0 Å². The molecule has 2 N–H and O–H groups in total. The molecule has 22 heavy (non-hydrogen) atoms. The van der Waals surface area contributed by atoms with Crippen LogP contribution in [0, 0.1) is 5.82 Å². The van der Waals surface area contributed by atoms with Gasteiger partial charge in [0.2, 0.25) is 0 Å². The summed E-state index contributed by atoms with van der Waals surface area (Å²) in [4.78, 5) is 14.6. The lowest BCUT2D eigenvalue weighted by molar-refractivity contribution is 0.0934. The summed E-state index contributed by atoms with van der Waals surface area (Å²) in [5.41, 5.74) is -0.185. The number of halogens is 2. The van der Waals surface area contributed by atoms with E-state index in [2.05, 4.69) is 33.1 Å². The predicted molar refractivity (Wildman–Crippen MR) is 84.9 cm³/mol. The van der Waals surface area contributed by atoms with Crippen LogP contribution in [0.3, 0.4) is 0 Å². The lowest BCUT2D eigenvalue weighted by Crippen LogP contribution is -2.40. The molecule has 5 nitrogen and oxygen atoms in total. The Morgan fingerprint density at radius 3 is 3.00 bits per heavy atom. The number of ether oxygens (including phenoxy) is 1. The van der Waals surface area contributed by atoms with Crippen molar-refractivity contribution in [3.63, 3.8) is 0 Å². The number of phenols is 1. The van der Waals surface area contributed by atoms with Crippen LogP contribution >= 0.6 is 15.9 Å². The smallest absolute Gasteiger partial charge is 0.259 e. The van der Waals surface area contributed by atoms with E-state index in [9.17, 15) is 14.3 Å². The quantitative estimate of drug-likeness (QED) is 0.831. The normalized spacial score (nSPS) is 18.5. The molecule has 0 unspecified atom stereocenters. The minimum atomic E-state index is -0.701. The number of amides is 1. The highest BCUT2D eigenvalue weighted by Crippen LogP contribution is 2.37. The van der Waals surface area contributed by atoms with Gasteiger partial charge in [-0.2, -0.15) is 0 Å². The van der Waals surface area contributed by atoms with E-state index in [-0.39, 0.29) is 27.6 Å². The largest absolute Gasteiger partial charge is 0.506 e. The summed E-state index contributed by atoms with van der Waals surface area (Å²) >= 11 is 3.03. The van der Waals surface area contributed by atoms with Gasteiger partial charge in [-0.15, -0.1) is 0 Å². The van der Waals surface area contributed by atoms with Gasteiger partial charge in [-0.3, -0.25) is 9.69 Å². The maximum absolute atomic E-state index is 13.9. The third kappa shape index (κ3) is 3.35. The van der Waals surface area contributed by atoms with E-state index >= 15 is 0 Å². The number of hydrogen-bond acceptors (Lipinski definition) is 4. The fourth-order valence-electron chi connectivity index (χ4n) is 2.84. The lowest BCUT2D eigenvalue weighted by Gasteiger charge is -2.23. The highest BCUT2D eigenvalue weighted by Gasteiger charge is 2.27. The van der Waals surface area contributed by atoms with Crippen molar-refractivity contribution in [3.05, 3.63) is 21.9 Å². The van der Waals surface area contributed by atoms with Gasteiger partial charge in [-0.1, -0.05) is 6.92 Å². The minimum Gasteiger partial charge on any atom is -0.506 e. The lowest BCUT2D eigenvalue weighted by atomic mass is 10.1. The molecule has 2 rings (SSSR count). The summed E-state index contributed by atoms with van der Waals surface area (Å²) in [6.07, 6.45) is 2.12. The van der Waals surface area contributed by atoms with Crippen LogP contribution in [0.25, 0.3) is 0 Å². The molecule has 1 aliphatic heterocycles. The molecule has 1 aromatic rings.